The van der Waals surface area contributed by atoms with Crippen LogP contribution in [0.1, 0.15) is 18.6 Å². The second-order valence-corrected chi connectivity index (χ2v) is 5.21. The topological polar surface area (TPSA) is 36.9 Å². The molecule has 1 aromatic rings. The van der Waals surface area contributed by atoms with Crippen LogP contribution in [0.25, 0.3) is 0 Å². The third-order valence-electron chi connectivity index (χ3n) is 3.43. The van der Waals surface area contributed by atoms with E-state index in [1.165, 1.54) is 12.1 Å². The molecule has 0 amide bonds. The molecule has 0 spiro atoms. The number of benzene rings is 1. The SMILES string of the molecule is CN=C(NCC(F)F)N1CC(C)OC(c2ccc(F)cc2)C1.I. The standard InChI is InChI=1S/C15H20F3N3O.HI/c1-10-8-21(15(19-2)20-7-14(17)18)9-13(22-10)11-3-5-12(16)6-4-11;/h3-6,10,13-14H,7-9H2,1-2H3,(H,19,20);1H. The molecule has 1 aliphatic rings. The maximum atomic E-state index is 13.0. The lowest BCUT2D eigenvalue weighted by atomic mass is 10.1. The van der Waals surface area contributed by atoms with Gasteiger partial charge >= 0.3 is 0 Å². The van der Waals surface area contributed by atoms with Gasteiger partial charge in [-0.2, -0.15) is 0 Å². The van der Waals surface area contributed by atoms with Crippen LogP contribution in [0.2, 0.25) is 0 Å². The van der Waals surface area contributed by atoms with Gasteiger partial charge in [-0.1, -0.05) is 12.1 Å². The van der Waals surface area contributed by atoms with E-state index in [9.17, 15) is 13.2 Å². The minimum atomic E-state index is -2.44. The fourth-order valence-corrected chi connectivity index (χ4v) is 2.49. The number of nitrogens with one attached hydrogen (secondary N) is 1. The smallest absolute Gasteiger partial charge is 0.255 e. The molecule has 1 aromatic carbocycles. The van der Waals surface area contributed by atoms with E-state index in [-0.39, 0.29) is 42.0 Å². The molecule has 2 atom stereocenters. The van der Waals surface area contributed by atoms with Crippen LogP contribution >= 0.6 is 24.0 Å². The number of alkyl halides is 2. The number of morpholine rings is 1. The van der Waals surface area contributed by atoms with Gasteiger partial charge in [-0.25, -0.2) is 13.2 Å². The Hall–Kier alpha value is -1.03. The van der Waals surface area contributed by atoms with Crippen molar-refractivity contribution >= 4 is 29.9 Å². The van der Waals surface area contributed by atoms with Crippen LogP contribution in [0.15, 0.2) is 29.3 Å². The molecule has 0 radical (unpaired) electrons. The highest BCUT2D eigenvalue weighted by Crippen LogP contribution is 2.25. The molecular formula is C15H21F3IN3O. The Bertz CT molecular complexity index is 513. The quantitative estimate of drug-likeness (QED) is 0.444. The summed E-state index contributed by atoms with van der Waals surface area (Å²) in [6, 6.07) is 6.11. The van der Waals surface area contributed by atoms with Gasteiger partial charge in [-0.3, -0.25) is 4.99 Å². The van der Waals surface area contributed by atoms with Crippen molar-refractivity contribution in [3.8, 4) is 0 Å². The maximum Gasteiger partial charge on any atom is 0.255 e. The molecular weight excluding hydrogens is 422 g/mol. The van der Waals surface area contributed by atoms with Crippen LogP contribution < -0.4 is 5.32 Å². The average Bonchev–Trinajstić information content (AvgIpc) is 2.47. The van der Waals surface area contributed by atoms with Crippen molar-refractivity contribution in [1.82, 2.24) is 10.2 Å². The highest BCUT2D eigenvalue weighted by atomic mass is 127. The monoisotopic (exact) mass is 443 g/mol. The van der Waals surface area contributed by atoms with Crippen LogP contribution in [0, 0.1) is 5.82 Å². The fraction of sp³-hybridized carbons (Fsp3) is 0.533. The second kappa shape index (κ2) is 9.31. The normalized spacial score (nSPS) is 22.0. The molecule has 1 N–H and O–H groups in total. The number of rotatable bonds is 3. The van der Waals surface area contributed by atoms with E-state index in [0.29, 0.717) is 19.0 Å². The van der Waals surface area contributed by atoms with E-state index in [2.05, 4.69) is 10.3 Å². The second-order valence-electron chi connectivity index (χ2n) is 5.21. The molecule has 0 bridgehead atoms. The molecule has 4 nitrogen and oxygen atoms in total. The van der Waals surface area contributed by atoms with Crippen LogP contribution in [0.3, 0.4) is 0 Å². The number of guanidine groups is 1. The van der Waals surface area contributed by atoms with Gasteiger partial charge in [0.15, 0.2) is 5.96 Å². The average molecular weight is 443 g/mol. The first-order valence-corrected chi connectivity index (χ1v) is 7.14. The van der Waals surface area contributed by atoms with Gasteiger partial charge in [0, 0.05) is 13.6 Å². The zero-order valence-corrected chi connectivity index (χ0v) is 15.3. The Kier molecular flexibility index (Phi) is 8.10. The van der Waals surface area contributed by atoms with Gasteiger partial charge in [0.2, 0.25) is 0 Å². The Morgan fingerprint density at radius 1 is 1.35 bits per heavy atom. The summed E-state index contributed by atoms with van der Waals surface area (Å²) in [6.07, 6.45) is -2.79. The number of ether oxygens (including phenoxy) is 1. The van der Waals surface area contributed by atoms with Crippen molar-refractivity contribution in [2.24, 2.45) is 4.99 Å². The van der Waals surface area contributed by atoms with E-state index in [4.69, 9.17) is 4.74 Å². The summed E-state index contributed by atoms with van der Waals surface area (Å²) in [4.78, 5) is 5.92. The first-order valence-electron chi connectivity index (χ1n) is 7.14. The van der Waals surface area contributed by atoms with Gasteiger partial charge in [-0.15, -0.1) is 24.0 Å². The molecule has 0 saturated carbocycles. The Morgan fingerprint density at radius 3 is 2.57 bits per heavy atom. The predicted octanol–water partition coefficient (Wildman–Crippen LogP) is 3.05. The van der Waals surface area contributed by atoms with Crippen molar-refractivity contribution in [2.45, 2.75) is 25.6 Å². The van der Waals surface area contributed by atoms with Crippen LogP contribution in [-0.2, 0) is 4.74 Å². The molecule has 2 unspecified atom stereocenters. The number of hydrogen-bond acceptors (Lipinski definition) is 2. The first kappa shape index (κ1) is 20.0. The van der Waals surface area contributed by atoms with E-state index in [1.54, 1.807) is 19.2 Å². The van der Waals surface area contributed by atoms with E-state index in [0.717, 1.165) is 5.56 Å². The highest BCUT2D eigenvalue weighted by Gasteiger charge is 2.28. The fourth-order valence-electron chi connectivity index (χ4n) is 2.49. The van der Waals surface area contributed by atoms with Crippen molar-refractivity contribution in [2.75, 3.05) is 26.7 Å². The maximum absolute atomic E-state index is 13.0. The van der Waals surface area contributed by atoms with Gasteiger partial charge in [0.25, 0.3) is 6.43 Å². The zero-order chi connectivity index (χ0) is 16.1. The molecule has 1 heterocycles. The van der Waals surface area contributed by atoms with Crippen LogP contribution in [-0.4, -0.2) is 50.1 Å². The molecule has 1 aliphatic heterocycles. The Balaban J connectivity index is 0.00000264. The summed E-state index contributed by atoms with van der Waals surface area (Å²) in [7, 11) is 1.56. The minimum Gasteiger partial charge on any atom is -0.367 e. The summed E-state index contributed by atoms with van der Waals surface area (Å²) >= 11 is 0. The van der Waals surface area contributed by atoms with E-state index < -0.39 is 13.0 Å². The lowest BCUT2D eigenvalue weighted by Crippen LogP contribution is -2.51. The molecule has 130 valence electrons. The molecule has 8 heteroatoms. The number of nitrogens with zero attached hydrogens (tertiary/aromatic N) is 2. The van der Waals surface area contributed by atoms with Gasteiger partial charge in [-0.05, 0) is 24.6 Å². The van der Waals surface area contributed by atoms with Gasteiger partial charge in [0.1, 0.15) is 11.9 Å². The van der Waals surface area contributed by atoms with Crippen molar-refractivity contribution < 1.29 is 17.9 Å². The molecule has 1 fully saturated rings. The van der Waals surface area contributed by atoms with Crippen LogP contribution in [0.5, 0.6) is 0 Å². The summed E-state index contributed by atoms with van der Waals surface area (Å²) in [6.45, 7) is 2.49. The van der Waals surface area contributed by atoms with Crippen molar-refractivity contribution in [3.05, 3.63) is 35.6 Å². The van der Waals surface area contributed by atoms with Gasteiger partial charge in [0.05, 0.1) is 19.2 Å². The minimum absolute atomic E-state index is 0. The van der Waals surface area contributed by atoms with Crippen LogP contribution in [0.4, 0.5) is 13.2 Å². The predicted molar refractivity (Wildman–Crippen MR) is 94.0 cm³/mol. The lowest BCUT2D eigenvalue weighted by Gasteiger charge is -2.38. The number of halogens is 4. The largest absolute Gasteiger partial charge is 0.367 e. The molecule has 0 aromatic heterocycles. The van der Waals surface area contributed by atoms with Crippen molar-refractivity contribution in [1.29, 1.82) is 0 Å². The molecule has 23 heavy (non-hydrogen) atoms. The first-order chi connectivity index (χ1) is 10.5. The summed E-state index contributed by atoms with van der Waals surface area (Å²) in [5.41, 5.74) is 0.849. The van der Waals surface area contributed by atoms with Gasteiger partial charge < -0.3 is 15.0 Å². The molecule has 2 rings (SSSR count). The zero-order valence-electron chi connectivity index (χ0n) is 13.0. The summed E-state index contributed by atoms with van der Waals surface area (Å²) in [5.74, 6) is 0.112. The lowest BCUT2D eigenvalue weighted by molar-refractivity contribution is -0.0606. The molecule has 1 saturated heterocycles. The van der Waals surface area contributed by atoms with Crippen molar-refractivity contribution in [3.63, 3.8) is 0 Å². The summed E-state index contributed by atoms with van der Waals surface area (Å²) < 4.78 is 43.6. The molecule has 0 aliphatic carbocycles. The third kappa shape index (κ3) is 5.83. The Morgan fingerprint density at radius 2 is 2.00 bits per heavy atom. The number of hydrogen-bond donors (Lipinski definition) is 1. The Labute approximate surface area is 151 Å². The summed E-state index contributed by atoms with van der Waals surface area (Å²) in [5, 5.41) is 2.65. The highest BCUT2D eigenvalue weighted by molar-refractivity contribution is 14.0. The van der Waals surface area contributed by atoms with E-state index in [1.807, 2.05) is 11.8 Å². The third-order valence-corrected chi connectivity index (χ3v) is 3.43. The van der Waals surface area contributed by atoms with E-state index >= 15 is 0 Å². The number of aliphatic imine (C=N–C) groups is 1.